The zero-order valence-electron chi connectivity index (χ0n) is 26.2. The summed E-state index contributed by atoms with van der Waals surface area (Å²) in [7, 11) is 0. The van der Waals surface area contributed by atoms with E-state index in [1.807, 2.05) is 102 Å². The summed E-state index contributed by atoms with van der Waals surface area (Å²) in [6.07, 6.45) is 1.62. The second-order valence-corrected chi connectivity index (χ2v) is 14.7. The van der Waals surface area contributed by atoms with Crippen molar-refractivity contribution < 1.29 is 14.4 Å². The van der Waals surface area contributed by atoms with E-state index in [0.717, 1.165) is 36.2 Å². The van der Waals surface area contributed by atoms with Crippen LogP contribution in [-0.2, 0) is 9.59 Å². The molecule has 0 saturated heterocycles. The van der Waals surface area contributed by atoms with E-state index in [1.165, 1.54) is 23.1 Å². The van der Waals surface area contributed by atoms with Gasteiger partial charge in [-0.25, -0.2) is 4.98 Å². The second kappa shape index (κ2) is 16.7. The standard InChI is InChI=1S/C39H28Br2N4O3S2/c40-29-19-17-26(18-20-29)34-24-49-39(44-34)45-38(48)35(27-10-3-1-4-11-27)50-32-16-8-15-31(23-32)42-37(47)33(22-25-9-7-14-30(41)21-25)43-36(46)28-12-5-2-6-13-28/h1-24,35H,(H,42,47)(H,43,46)(H,44,45,48)/b33-22+. The SMILES string of the molecule is O=C(Nc1cccc(SC(C(=O)Nc2nc(-c3ccc(Br)cc3)cs2)c2ccccc2)c1)/C(=C\c1cccc(Br)c1)NC(=O)c1ccccc1. The fourth-order valence-electron chi connectivity index (χ4n) is 4.84. The number of aromatic nitrogens is 1. The predicted octanol–water partition coefficient (Wildman–Crippen LogP) is 10.2. The number of nitrogens with one attached hydrogen (secondary N) is 3. The lowest BCUT2D eigenvalue weighted by molar-refractivity contribution is -0.116. The third-order valence-corrected chi connectivity index (χ3v) is 10.3. The van der Waals surface area contributed by atoms with Crippen LogP contribution in [0.4, 0.5) is 10.8 Å². The van der Waals surface area contributed by atoms with Crippen LogP contribution >= 0.6 is 55.0 Å². The lowest BCUT2D eigenvalue weighted by Gasteiger charge is -2.17. The maximum atomic E-state index is 13.8. The molecule has 3 amide bonds. The Balaban J connectivity index is 1.21. The number of hydrogen-bond acceptors (Lipinski definition) is 6. The van der Waals surface area contributed by atoms with E-state index in [-0.39, 0.29) is 11.6 Å². The quantitative estimate of drug-likeness (QED) is 0.0893. The van der Waals surface area contributed by atoms with Gasteiger partial charge in [-0.3, -0.25) is 14.4 Å². The van der Waals surface area contributed by atoms with Gasteiger partial charge in [-0.1, -0.05) is 111 Å². The van der Waals surface area contributed by atoms with Gasteiger partial charge in [-0.05, 0) is 71.8 Å². The van der Waals surface area contributed by atoms with Gasteiger partial charge in [-0.15, -0.1) is 23.1 Å². The van der Waals surface area contributed by atoms with E-state index in [0.29, 0.717) is 16.4 Å². The van der Waals surface area contributed by atoms with Crippen molar-refractivity contribution in [3.63, 3.8) is 0 Å². The Kier molecular flexibility index (Phi) is 11.7. The zero-order chi connectivity index (χ0) is 34.9. The Morgan fingerprint density at radius 3 is 2.20 bits per heavy atom. The van der Waals surface area contributed by atoms with Crippen LogP contribution in [0, 0.1) is 0 Å². The van der Waals surface area contributed by atoms with Crippen LogP contribution in [-0.4, -0.2) is 22.7 Å². The lowest BCUT2D eigenvalue weighted by atomic mass is 10.1. The Bertz CT molecular complexity index is 2160. The van der Waals surface area contributed by atoms with Crippen LogP contribution in [0.15, 0.2) is 158 Å². The van der Waals surface area contributed by atoms with E-state index in [2.05, 4.69) is 52.8 Å². The summed E-state index contributed by atoms with van der Waals surface area (Å²) in [6.45, 7) is 0. The highest BCUT2D eigenvalue weighted by atomic mass is 79.9. The molecule has 5 aromatic carbocycles. The maximum Gasteiger partial charge on any atom is 0.272 e. The van der Waals surface area contributed by atoms with Gasteiger partial charge in [0.1, 0.15) is 10.9 Å². The highest BCUT2D eigenvalue weighted by molar-refractivity contribution is 9.10. The summed E-state index contributed by atoms with van der Waals surface area (Å²) in [4.78, 5) is 45.9. The summed E-state index contributed by atoms with van der Waals surface area (Å²) in [5.74, 6) is -1.14. The molecule has 11 heteroatoms. The van der Waals surface area contributed by atoms with E-state index in [9.17, 15) is 14.4 Å². The average molecular weight is 825 g/mol. The van der Waals surface area contributed by atoms with E-state index >= 15 is 0 Å². The number of thioether (sulfide) groups is 1. The summed E-state index contributed by atoms with van der Waals surface area (Å²) < 4.78 is 1.81. The van der Waals surface area contributed by atoms with Crippen molar-refractivity contribution in [2.24, 2.45) is 0 Å². The third-order valence-electron chi connectivity index (χ3n) is 7.25. The molecule has 0 fully saturated rings. The molecule has 6 aromatic rings. The first-order chi connectivity index (χ1) is 24.3. The number of halogens is 2. The van der Waals surface area contributed by atoms with Gasteiger partial charge in [0.25, 0.3) is 11.8 Å². The summed E-state index contributed by atoms with van der Waals surface area (Å²) in [6, 6.07) is 40.7. The molecule has 0 radical (unpaired) electrons. The number of thiazole rings is 1. The Morgan fingerprint density at radius 1 is 0.740 bits per heavy atom. The molecule has 1 heterocycles. The first kappa shape index (κ1) is 35.0. The fourth-order valence-corrected chi connectivity index (χ4v) is 7.33. The molecule has 0 aliphatic carbocycles. The minimum atomic E-state index is -0.612. The van der Waals surface area contributed by atoms with Crippen molar-refractivity contribution in [2.45, 2.75) is 10.1 Å². The van der Waals surface area contributed by atoms with Crippen molar-refractivity contribution in [3.05, 3.63) is 170 Å². The second-order valence-electron chi connectivity index (χ2n) is 10.9. The van der Waals surface area contributed by atoms with Gasteiger partial charge in [0.2, 0.25) is 5.91 Å². The molecular weight excluding hydrogens is 796 g/mol. The number of nitrogens with zero attached hydrogens (tertiary/aromatic N) is 1. The normalized spacial score (nSPS) is 11.8. The zero-order valence-corrected chi connectivity index (χ0v) is 31.0. The minimum absolute atomic E-state index is 0.0718. The average Bonchev–Trinajstić information content (AvgIpc) is 3.59. The number of hydrogen-bond donors (Lipinski definition) is 3. The number of amides is 3. The molecule has 3 N–H and O–H groups in total. The van der Waals surface area contributed by atoms with Crippen LogP contribution in [0.5, 0.6) is 0 Å². The number of benzene rings is 5. The molecule has 0 saturated carbocycles. The van der Waals surface area contributed by atoms with Crippen molar-refractivity contribution in [3.8, 4) is 11.3 Å². The van der Waals surface area contributed by atoms with E-state index in [4.69, 9.17) is 0 Å². The fraction of sp³-hybridized carbons (Fsp3) is 0.0256. The Hall–Kier alpha value is -4.81. The molecule has 1 aromatic heterocycles. The van der Waals surface area contributed by atoms with Crippen molar-refractivity contribution >= 4 is 89.6 Å². The smallest absolute Gasteiger partial charge is 0.272 e. The van der Waals surface area contributed by atoms with Gasteiger partial charge >= 0.3 is 0 Å². The molecule has 50 heavy (non-hydrogen) atoms. The molecular formula is C39H28Br2N4O3S2. The van der Waals surface area contributed by atoms with Crippen LogP contribution in [0.2, 0.25) is 0 Å². The van der Waals surface area contributed by atoms with Crippen molar-refractivity contribution in [2.75, 3.05) is 10.6 Å². The molecule has 0 bridgehead atoms. The van der Waals surface area contributed by atoms with Gasteiger partial charge in [0, 0.05) is 36.0 Å². The first-order valence-electron chi connectivity index (χ1n) is 15.3. The summed E-state index contributed by atoms with van der Waals surface area (Å²) >= 11 is 9.64. The van der Waals surface area contributed by atoms with E-state index in [1.54, 1.807) is 42.5 Å². The van der Waals surface area contributed by atoms with Gasteiger partial charge in [-0.2, -0.15) is 0 Å². The van der Waals surface area contributed by atoms with Crippen molar-refractivity contribution in [1.82, 2.24) is 10.3 Å². The number of anilines is 2. The lowest BCUT2D eigenvalue weighted by Crippen LogP contribution is -2.30. The molecule has 1 atom stereocenters. The maximum absolute atomic E-state index is 13.8. The van der Waals surface area contributed by atoms with Gasteiger partial charge in [0.05, 0.1) is 5.69 Å². The van der Waals surface area contributed by atoms with E-state index < -0.39 is 17.1 Å². The largest absolute Gasteiger partial charge is 0.321 e. The monoisotopic (exact) mass is 822 g/mol. The van der Waals surface area contributed by atoms with Crippen LogP contribution in [0.25, 0.3) is 17.3 Å². The first-order valence-corrected chi connectivity index (χ1v) is 18.6. The minimum Gasteiger partial charge on any atom is -0.321 e. The highest BCUT2D eigenvalue weighted by Gasteiger charge is 2.24. The molecule has 1 unspecified atom stereocenters. The molecule has 6 rings (SSSR count). The van der Waals surface area contributed by atoms with Crippen molar-refractivity contribution in [1.29, 1.82) is 0 Å². The Labute approximate surface area is 314 Å². The van der Waals surface area contributed by atoms with Gasteiger partial charge in [0.15, 0.2) is 5.13 Å². The molecule has 7 nitrogen and oxygen atoms in total. The molecule has 0 aliphatic rings. The number of carbonyl (C=O) groups is 3. The summed E-state index contributed by atoms with van der Waals surface area (Å²) in [5.41, 5.74) is 4.26. The van der Waals surface area contributed by atoms with Crippen LogP contribution < -0.4 is 16.0 Å². The molecule has 0 aliphatic heterocycles. The molecule has 0 spiro atoms. The topological polar surface area (TPSA) is 100 Å². The summed E-state index contributed by atoms with van der Waals surface area (Å²) in [5, 5.41) is 10.5. The number of rotatable bonds is 11. The van der Waals surface area contributed by atoms with Gasteiger partial charge < -0.3 is 16.0 Å². The third kappa shape index (κ3) is 9.45. The Morgan fingerprint density at radius 2 is 1.46 bits per heavy atom. The highest BCUT2D eigenvalue weighted by Crippen LogP contribution is 2.38. The van der Waals surface area contributed by atoms with Crippen LogP contribution in [0.3, 0.4) is 0 Å². The molecule has 248 valence electrons. The predicted molar refractivity (Wildman–Crippen MR) is 210 cm³/mol. The van der Waals surface area contributed by atoms with Crippen LogP contribution in [0.1, 0.15) is 26.7 Å². The number of carbonyl (C=O) groups excluding carboxylic acids is 3.